The van der Waals surface area contributed by atoms with Gasteiger partial charge in [0.1, 0.15) is 6.10 Å². The molecule has 10 heteroatoms. The molecular weight excluding hydrogens is 618 g/mol. The number of anilines is 2. The summed E-state index contributed by atoms with van der Waals surface area (Å²) in [6, 6.07) is 24.8. The highest BCUT2D eigenvalue weighted by atomic mass is 16.5. The Morgan fingerprint density at radius 1 is 0.816 bits per heavy atom. The van der Waals surface area contributed by atoms with Crippen molar-refractivity contribution in [2.45, 2.75) is 32.3 Å². The molecule has 49 heavy (non-hydrogen) atoms. The standard InChI is InChI=1S/C39H45N5O5/c1-6-48-39(47)29-11-17-34(35(25-29)37(45)40-22-19-27-7-13-31(14-8-27)42(2)3)38(46)44-23-20-33(21-24-44)49-36-18-12-30(26-41-36)28-9-15-32(16-10-28)43(4)5/h7-18,25-26,33H,6,19-24H2,1-5H3,(H,40,45). The Labute approximate surface area is 288 Å². The summed E-state index contributed by atoms with van der Waals surface area (Å²) in [6.45, 7) is 3.22. The van der Waals surface area contributed by atoms with Gasteiger partial charge in [0.25, 0.3) is 11.8 Å². The molecule has 256 valence electrons. The van der Waals surface area contributed by atoms with Crippen LogP contribution in [-0.4, -0.2) is 88.2 Å². The maximum Gasteiger partial charge on any atom is 0.338 e. The average molecular weight is 664 g/mol. The zero-order valence-electron chi connectivity index (χ0n) is 28.9. The molecule has 1 fully saturated rings. The predicted molar refractivity (Wildman–Crippen MR) is 193 cm³/mol. The molecule has 1 saturated heterocycles. The van der Waals surface area contributed by atoms with Crippen LogP contribution in [0, 0.1) is 0 Å². The van der Waals surface area contributed by atoms with Gasteiger partial charge in [-0.15, -0.1) is 0 Å². The minimum absolute atomic E-state index is 0.0949. The van der Waals surface area contributed by atoms with Crippen molar-refractivity contribution < 1.29 is 23.9 Å². The highest BCUT2D eigenvalue weighted by molar-refractivity contribution is 6.08. The molecule has 1 aromatic heterocycles. The Morgan fingerprint density at radius 3 is 2.04 bits per heavy atom. The smallest absolute Gasteiger partial charge is 0.338 e. The lowest BCUT2D eigenvalue weighted by Crippen LogP contribution is -2.42. The topological polar surface area (TPSA) is 104 Å². The van der Waals surface area contributed by atoms with E-state index >= 15 is 0 Å². The lowest BCUT2D eigenvalue weighted by molar-refractivity contribution is 0.0523. The first-order valence-electron chi connectivity index (χ1n) is 16.7. The number of benzene rings is 3. The van der Waals surface area contributed by atoms with E-state index in [2.05, 4.69) is 39.5 Å². The van der Waals surface area contributed by atoms with Gasteiger partial charge in [0.2, 0.25) is 5.88 Å². The Morgan fingerprint density at radius 2 is 1.45 bits per heavy atom. The first-order valence-corrected chi connectivity index (χ1v) is 16.7. The predicted octanol–water partition coefficient (Wildman–Crippen LogP) is 5.71. The molecule has 0 bridgehead atoms. The van der Waals surface area contributed by atoms with Gasteiger partial charge in [0.15, 0.2) is 0 Å². The number of aromatic nitrogens is 1. The van der Waals surface area contributed by atoms with Crippen LogP contribution in [0.25, 0.3) is 11.1 Å². The molecule has 0 aliphatic carbocycles. The number of hydrogen-bond donors (Lipinski definition) is 1. The second kappa shape index (κ2) is 16.1. The minimum Gasteiger partial charge on any atom is -0.474 e. The largest absolute Gasteiger partial charge is 0.474 e. The summed E-state index contributed by atoms with van der Waals surface area (Å²) in [5.41, 5.74) is 6.00. The van der Waals surface area contributed by atoms with Crippen molar-refractivity contribution in [1.29, 1.82) is 0 Å². The SMILES string of the molecule is CCOC(=O)c1ccc(C(=O)N2CCC(Oc3ccc(-c4ccc(N(C)C)cc4)cn3)CC2)c(C(=O)NCCc2ccc(N(C)C)cc2)c1. The minimum atomic E-state index is -0.543. The molecule has 2 amide bonds. The summed E-state index contributed by atoms with van der Waals surface area (Å²) in [5, 5.41) is 2.94. The van der Waals surface area contributed by atoms with Crippen LogP contribution in [0.5, 0.6) is 5.88 Å². The fourth-order valence-electron chi connectivity index (χ4n) is 5.73. The van der Waals surface area contributed by atoms with Gasteiger partial charge in [-0.2, -0.15) is 0 Å². The van der Waals surface area contributed by atoms with E-state index in [0.29, 0.717) is 44.8 Å². The van der Waals surface area contributed by atoms with E-state index in [0.717, 1.165) is 28.1 Å². The summed E-state index contributed by atoms with van der Waals surface area (Å²) < 4.78 is 11.3. The van der Waals surface area contributed by atoms with Gasteiger partial charge in [-0.25, -0.2) is 9.78 Å². The van der Waals surface area contributed by atoms with Crippen LogP contribution >= 0.6 is 0 Å². The molecule has 2 heterocycles. The monoisotopic (exact) mass is 663 g/mol. The summed E-state index contributed by atoms with van der Waals surface area (Å²) in [6.07, 6.45) is 3.58. The van der Waals surface area contributed by atoms with Gasteiger partial charge >= 0.3 is 5.97 Å². The molecule has 10 nitrogen and oxygen atoms in total. The number of rotatable bonds is 12. The lowest BCUT2D eigenvalue weighted by Gasteiger charge is -2.32. The van der Waals surface area contributed by atoms with Crippen LogP contribution in [0.15, 0.2) is 85.1 Å². The fraction of sp³-hybridized carbons (Fsp3) is 0.333. The zero-order valence-corrected chi connectivity index (χ0v) is 28.9. The van der Waals surface area contributed by atoms with E-state index < -0.39 is 11.9 Å². The average Bonchev–Trinajstić information content (AvgIpc) is 3.12. The van der Waals surface area contributed by atoms with Gasteiger partial charge < -0.3 is 29.5 Å². The molecular formula is C39H45N5O5. The van der Waals surface area contributed by atoms with Gasteiger partial charge in [-0.1, -0.05) is 24.3 Å². The molecule has 0 radical (unpaired) electrons. The number of nitrogens with zero attached hydrogens (tertiary/aromatic N) is 4. The van der Waals surface area contributed by atoms with Crippen molar-refractivity contribution in [3.05, 3.63) is 107 Å². The number of piperidine rings is 1. The first-order chi connectivity index (χ1) is 23.6. The van der Waals surface area contributed by atoms with Gasteiger partial charge in [-0.3, -0.25) is 9.59 Å². The van der Waals surface area contributed by atoms with E-state index in [4.69, 9.17) is 9.47 Å². The number of hydrogen-bond acceptors (Lipinski definition) is 8. The number of esters is 1. The zero-order chi connectivity index (χ0) is 34.9. The van der Waals surface area contributed by atoms with E-state index in [1.165, 1.54) is 12.1 Å². The number of pyridine rings is 1. The Balaban J connectivity index is 1.20. The van der Waals surface area contributed by atoms with E-state index in [1.807, 2.05) is 75.7 Å². The van der Waals surface area contributed by atoms with Gasteiger partial charge in [0, 0.05) is 89.9 Å². The molecule has 3 aromatic carbocycles. The van der Waals surface area contributed by atoms with Crippen LogP contribution in [0.1, 0.15) is 56.4 Å². The molecule has 1 N–H and O–H groups in total. The molecule has 0 spiro atoms. The highest BCUT2D eigenvalue weighted by Crippen LogP contribution is 2.25. The first kappa shape index (κ1) is 34.9. The highest BCUT2D eigenvalue weighted by Gasteiger charge is 2.28. The maximum atomic E-state index is 13.8. The molecule has 0 unspecified atom stereocenters. The van der Waals surface area contributed by atoms with E-state index in [9.17, 15) is 14.4 Å². The molecule has 4 aromatic rings. The molecule has 5 rings (SSSR count). The number of ether oxygens (including phenoxy) is 2. The summed E-state index contributed by atoms with van der Waals surface area (Å²) in [7, 11) is 8.00. The van der Waals surface area contributed by atoms with Crippen molar-refractivity contribution >= 4 is 29.2 Å². The summed E-state index contributed by atoms with van der Waals surface area (Å²) >= 11 is 0. The second-order valence-electron chi connectivity index (χ2n) is 12.5. The molecule has 1 aliphatic heterocycles. The number of carbonyl (C=O) groups is 3. The van der Waals surface area contributed by atoms with Crippen molar-refractivity contribution in [3.63, 3.8) is 0 Å². The third kappa shape index (κ3) is 8.95. The number of likely N-dealkylation sites (tertiary alicyclic amines) is 1. The Hall–Kier alpha value is -5.38. The van der Waals surface area contributed by atoms with Crippen LogP contribution in [-0.2, 0) is 11.2 Å². The Kier molecular flexibility index (Phi) is 11.5. The van der Waals surface area contributed by atoms with Gasteiger partial charge in [0.05, 0.1) is 23.3 Å². The lowest BCUT2D eigenvalue weighted by atomic mass is 10.00. The second-order valence-corrected chi connectivity index (χ2v) is 12.5. The molecule has 0 atom stereocenters. The number of carbonyl (C=O) groups excluding carboxylic acids is 3. The number of amides is 2. The number of nitrogens with one attached hydrogen (secondary N) is 1. The van der Waals surface area contributed by atoms with Crippen molar-refractivity contribution in [1.82, 2.24) is 15.2 Å². The van der Waals surface area contributed by atoms with E-state index in [-0.39, 0.29) is 35.3 Å². The van der Waals surface area contributed by atoms with Crippen molar-refractivity contribution in [3.8, 4) is 17.0 Å². The maximum absolute atomic E-state index is 13.8. The van der Waals surface area contributed by atoms with Gasteiger partial charge in [-0.05, 0) is 73.0 Å². The van der Waals surface area contributed by atoms with Crippen molar-refractivity contribution in [2.75, 3.05) is 64.2 Å². The third-order valence-electron chi connectivity index (χ3n) is 8.63. The van der Waals surface area contributed by atoms with Crippen LogP contribution in [0.3, 0.4) is 0 Å². The fourth-order valence-corrected chi connectivity index (χ4v) is 5.73. The summed E-state index contributed by atoms with van der Waals surface area (Å²) in [5.74, 6) is -0.680. The van der Waals surface area contributed by atoms with E-state index in [1.54, 1.807) is 17.9 Å². The Bertz CT molecular complexity index is 1730. The normalized spacial score (nSPS) is 13.0. The van der Waals surface area contributed by atoms with Crippen LogP contribution < -0.4 is 19.9 Å². The summed E-state index contributed by atoms with van der Waals surface area (Å²) in [4.78, 5) is 50.1. The third-order valence-corrected chi connectivity index (χ3v) is 8.63. The quantitative estimate of drug-likeness (QED) is 0.192. The molecule has 0 saturated carbocycles. The molecule has 1 aliphatic rings. The van der Waals surface area contributed by atoms with Crippen molar-refractivity contribution in [2.24, 2.45) is 0 Å². The van der Waals surface area contributed by atoms with Crippen LogP contribution in [0.4, 0.5) is 11.4 Å². The van der Waals surface area contributed by atoms with Crippen LogP contribution in [0.2, 0.25) is 0 Å².